The van der Waals surface area contributed by atoms with Crippen LogP contribution in [0.4, 0.5) is 14.3 Å². The van der Waals surface area contributed by atoms with Gasteiger partial charge in [-0.25, -0.2) is 14.2 Å². The summed E-state index contributed by atoms with van der Waals surface area (Å²) in [5.41, 5.74) is 2.05. The molecular weight excluding hydrogens is 409 g/mol. The Morgan fingerprint density at radius 3 is 2.73 bits per heavy atom. The van der Waals surface area contributed by atoms with Crippen LogP contribution in [0.15, 0.2) is 34.9 Å². The van der Waals surface area contributed by atoms with E-state index in [9.17, 15) is 14.0 Å². The molecule has 4 rings (SSSR count). The van der Waals surface area contributed by atoms with E-state index in [0.29, 0.717) is 46.8 Å². The van der Waals surface area contributed by atoms with E-state index in [4.69, 9.17) is 4.52 Å². The van der Waals surface area contributed by atoms with Gasteiger partial charge in [0.05, 0.1) is 12.2 Å². The number of thiazole rings is 1. The fourth-order valence-corrected chi connectivity index (χ4v) is 4.18. The van der Waals surface area contributed by atoms with Crippen molar-refractivity contribution in [3.8, 4) is 0 Å². The summed E-state index contributed by atoms with van der Waals surface area (Å²) in [5, 5.41) is 7.13. The molecule has 1 saturated heterocycles. The molecule has 156 valence electrons. The first kappa shape index (κ1) is 20.0. The number of anilines is 1. The van der Waals surface area contributed by atoms with E-state index in [1.54, 1.807) is 41.8 Å². The van der Waals surface area contributed by atoms with Gasteiger partial charge in [-0.2, -0.15) is 0 Å². The Labute approximate surface area is 176 Å². The van der Waals surface area contributed by atoms with Crippen molar-refractivity contribution in [2.45, 2.75) is 26.9 Å². The first-order valence-electron chi connectivity index (χ1n) is 9.39. The van der Waals surface area contributed by atoms with Crippen LogP contribution in [0.1, 0.15) is 32.4 Å². The average Bonchev–Trinajstić information content (AvgIpc) is 3.41. The Bertz CT molecular complexity index is 1080. The van der Waals surface area contributed by atoms with E-state index in [-0.39, 0.29) is 24.3 Å². The fraction of sp³-hybridized carbons (Fsp3) is 0.300. The number of aryl methyl sites for hydroxylation is 2. The molecule has 10 heteroatoms. The molecule has 0 saturated carbocycles. The number of aromatic nitrogens is 2. The largest absolute Gasteiger partial charge is 0.361 e. The molecular formula is C20H20FN5O3S. The number of halogens is 1. The molecule has 1 aliphatic heterocycles. The normalized spacial score (nSPS) is 13.9. The van der Waals surface area contributed by atoms with Gasteiger partial charge < -0.3 is 14.7 Å². The summed E-state index contributed by atoms with van der Waals surface area (Å²) in [7, 11) is 0. The fourth-order valence-electron chi connectivity index (χ4n) is 3.18. The first-order valence-corrected chi connectivity index (χ1v) is 10.2. The molecule has 1 aliphatic rings. The van der Waals surface area contributed by atoms with E-state index in [1.807, 2.05) is 0 Å². The third kappa shape index (κ3) is 4.18. The lowest BCUT2D eigenvalue weighted by molar-refractivity contribution is 0.0953. The number of nitrogens with zero attached hydrogens (tertiary/aromatic N) is 4. The summed E-state index contributed by atoms with van der Waals surface area (Å²) in [6, 6.07) is 7.66. The van der Waals surface area contributed by atoms with Crippen LogP contribution in [0, 0.1) is 19.7 Å². The molecule has 0 unspecified atom stereocenters. The molecule has 1 fully saturated rings. The van der Waals surface area contributed by atoms with Crippen molar-refractivity contribution >= 4 is 28.4 Å². The van der Waals surface area contributed by atoms with Crippen LogP contribution in [-0.4, -0.2) is 40.1 Å². The molecule has 0 aliphatic carbocycles. The highest BCUT2D eigenvalue weighted by Crippen LogP contribution is 2.29. The van der Waals surface area contributed by atoms with Crippen LogP contribution in [0.5, 0.6) is 0 Å². The van der Waals surface area contributed by atoms with E-state index in [0.717, 1.165) is 5.56 Å². The third-order valence-electron chi connectivity index (χ3n) is 4.71. The summed E-state index contributed by atoms with van der Waals surface area (Å²) in [6.45, 7) is 5.17. The van der Waals surface area contributed by atoms with E-state index < -0.39 is 0 Å². The van der Waals surface area contributed by atoms with Crippen molar-refractivity contribution < 1.29 is 18.5 Å². The number of rotatable bonds is 6. The summed E-state index contributed by atoms with van der Waals surface area (Å²) < 4.78 is 18.1. The highest BCUT2D eigenvalue weighted by molar-refractivity contribution is 7.17. The first-order chi connectivity index (χ1) is 14.4. The maximum absolute atomic E-state index is 13.1. The van der Waals surface area contributed by atoms with Crippen LogP contribution in [-0.2, 0) is 13.1 Å². The number of hydrogen-bond acceptors (Lipinski definition) is 6. The molecule has 8 nitrogen and oxygen atoms in total. The van der Waals surface area contributed by atoms with Gasteiger partial charge in [0.15, 0.2) is 5.13 Å². The van der Waals surface area contributed by atoms with Crippen LogP contribution in [0.25, 0.3) is 0 Å². The smallest absolute Gasteiger partial charge is 0.326 e. The van der Waals surface area contributed by atoms with Crippen molar-refractivity contribution in [1.29, 1.82) is 0 Å². The predicted octanol–water partition coefficient (Wildman–Crippen LogP) is 3.26. The molecule has 3 heterocycles. The van der Waals surface area contributed by atoms with Gasteiger partial charge in [-0.05, 0) is 31.5 Å². The lowest BCUT2D eigenvalue weighted by Gasteiger charge is -2.16. The standard InChI is InChI=1S/C20H20FN5O3S/c1-12-9-16(24-29-12)10-22-18(27)17-13(2)23-19(30-17)26-8-7-25(20(26)28)11-14-3-5-15(21)6-4-14/h3-6,9H,7-8,10-11H2,1-2H3,(H,22,27). The molecule has 30 heavy (non-hydrogen) atoms. The lowest BCUT2D eigenvalue weighted by atomic mass is 10.2. The number of benzene rings is 1. The van der Waals surface area contributed by atoms with Gasteiger partial charge in [-0.1, -0.05) is 28.6 Å². The molecule has 0 radical (unpaired) electrons. The molecule has 0 bridgehead atoms. The highest BCUT2D eigenvalue weighted by Gasteiger charge is 2.32. The second kappa shape index (κ2) is 8.23. The van der Waals surface area contributed by atoms with Crippen LogP contribution < -0.4 is 10.2 Å². The topological polar surface area (TPSA) is 91.6 Å². The number of hydrogen-bond donors (Lipinski definition) is 1. The average molecular weight is 429 g/mol. The zero-order valence-electron chi connectivity index (χ0n) is 16.5. The summed E-state index contributed by atoms with van der Waals surface area (Å²) >= 11 is 1.18. The van der Waals surface area contributed by atoms with Crippen molar-refractivity contribution in [2.75, 3.05) is 18.0 Å². The Balaban J connectivity index is 1.41. The lowest BCUT2D eigenvalue weighted by Crippen LogP contribution is -2.31. The van der Waals surface area contributed by atoms with E-state index >= 15 is 0 Å². The number of nitrogens with one attached hydrogen (secondary N) is 1. The minimum Gasteiger partial charge on any atom is -0.361 e. The Kier molecular flexibility index (Phi) is 5.49. The Hall–Kier alpha value is -3.27. The monoisotopic (exact) mass is 429 g/mol. The number of carbonyl (C=O) groups excluding carboxylic acids is 2. The van der Waals surface area contributed by atoms with Crippen LogP contribution >= 0.6 is 11.3 Å². The van der Waals surface area contributed by atoms with Crippen LogP contribution in [0.2, 0.25) is 0 Å². The van der Waals surface area contributed by atoms with Gasteiger partial charge in [0, 0.05) is 25.7 Å². The predicted molar refractivity (Wildman–Crippen MR) is 109 cm³/mol. The summed E-state index contributed by atoms with van der Waals surface area (Å²) in [4.78, 5) is 33.5. The summed E-state index contributed by atoms with van der Waals surface area (Å²) in [6.07, 6.45) is 0. The van der Waals surface area contributed by atoms with Crippen molar-refractivity contribution in [1.82, 2.24) is 20.4 Å². The molecule has 3 aromatic rings. The SMILES string of the molecule is Cc1cc(CNC(=O)c2sc(N3CCN(Cc4ccc(F)cc4)C3=O)nc2C)no1. The summed E-state index contributed by atoms with van der Waals surface area (Å²) in [5.74, 6) is 0.0934. The highest BCUT2D eigenvalue weighted by atomic mass is 32.1. The van der Waals surface area contributed by atoms with Crippen molar-refractivity contribution in [3.05, 3.63) is 63.7 Å². The van der Waals surface area contributed by atoms with Crippen molar-refractivity contribution in [2.24, 2.45) is 0 Å². The number of urea groups is 1. The Morgan fingerprint density at radius 1 is 1.27 bits per heavy atom. The van der Waals surface area contributed by atoms with Gasteiger partial charge in [0.25, 0.3) is 5.91 Å². The van der Waals surface area contributed by atoms with Gasteiger partial charge in [-0.15, -0.1) is 0 Å². The van der Waals surface area contributed by atoms with Crippen LogP contribution in [0.3, 0.4) is 0 Å². The van der Waals surface area contributed by atoms with Gasteiger partial charge in [-0.3, -0.25) is 9.69 Å². The third-order valence-corrected chi connectivity index (χ3v) is 5.89. The molecule has 0 spiro atoms. The number of carbonyl (C=O) groups is 2. The van der Waals surface area contributed by atoms with Gasteiger partial charge >= 0.3 is 6.03 Å². The Morgan fingerprint density at radius 2 is 2.03 bits per heavy atom. The van der Waals surface area contributed by atoms with Gasteiger partial charge in [0.2, 0.25) is 0 Å². The minimum absolute atomic E-state index is 0.182. The quantitative estimate of drug-likeness (QED) is 0.649. The van der Waals surface area contributed by atoms with Gasteiger partial charge in [0.1, 0.15) is 22.1 Å². The molecule has 1 aromatic carbocycles. The molecule has 1 N–H and O–H groups in total. The maximum atomic E-state index is 13.1. The zero-order valence-corrected chi connectivity index (χ0v) is 17.3. The molecule has 0 atom stereocenters. The van der Waals surface area contributed by atoms with E-state index in [2.05, 4.69) is 15.5 Å². The minimum atomic E-state index is -0.309. The molecule has 3 amide bonds. The second-order valence-corrected chi connectivity index (χ2v) is 7.98. The maximum Gasteiger partial charge on any atom is 0.326 e. The van der Waals surface area contributed by atoms with Crippen molar-refractivity contribution in [3.63, 3.8) is 0 Å². The number of amides is 3. The second-order valence-electron chi connectivity index (χ2n) is 7.00. The zero-order chi connectivity index (χ0) is 21.3. The molecule has 2 aromatic heterocycles. The van der Waals surface area contributed by atoms with E-state index in [1.165, 1.54) is 23.5 Å².